The Kier molecular flexibility index (Phi) is 7.08. The Morgan fingerprint density at radius 1 is 1.14 bits per heavy atom. The maximum Gasteiger partial charge on any atom is 0.308 e. The second-order valence-corrected chi connectivity index (χ2v) is 5.11. The Morgan fingerprint density at radius 2 is 1.77 bits per heavy atom. The Balaban J connectivity index is 2.71. The van der Waals surface area contributed by atoms with Gasteiger partial charge in [-0.3, -0.25) is 14.4 Å². The topological polar surface area (TPSA) is 95.5 Å². The molecule has 0 fully saturated rings. The maximum atomic E-state index is 11.9. The van der Waals surface area contributed by atoms with Crippen LogP contribution in [0.25, 0.3) is 0 Å². The molecule has 6 heteroatoms. The van der Waals surface area contributed by atoms with Crippen LogP contribution in [0.2, 0.25) is 0 Å². The van der Waals surface area contributed by atoms with Crippen molar-refractivity contribution in [3.63, 3.8) is 0 Å². The molecule has 0 aromatic heterocycles. The summed E-state index contributed by atoms with van der Waals surface area (Å²) in [5.74, 6) is -2.38. The maximum absolute atomic E-state index is 11.9. The first-order valence-corrected chi connectivity index (χ1v) is 7.29. The molecule has 2 unspecified atom stereocenters. The average molecular weight is 306 g/mol. The highest BCUT2D eigenvalue weighted by Crippen LogP contribution is 2.21. The summed E-state index contributed by atoms with van der Waals surface area (Å²) in [6.07, 6.45) is 1.07. The van der Waals surface area contributed by atoms with Gasteiger partial charge in [0.25, 0.3) is 0 Å². The Morgan fingerprint density at radius 3 is 2.32 bits per heavy atom. The molecule has 0 aliphatic rings. The number of carboxylic acids is 1. The second kappa shape index (κ2) is 8.81. The summed E-state index contributed by atoms with van der Waals surface area (Å²) in [4.78, 5) is 34.5. The van der Waals surface area contributed by atoms with E-state index in [1.165, 1.54) is 6.92 Å². The summed E-state index contributed by atoms with van der Waals surface area (Å²) < 4.78 is 0. The van der Waals surface area contributed by atoms with Crippen molar-refractivity contribution in [3.05, 3.63) is 35.9 Å². The number of benzene rings is 1. The molecule has 1 rings (SSSR count). The van der Waals surface area contributed by atoms with Gasteiger partial charge >= 0.3 is 5.97 Å². The number of hydrogen-bond donors (Lipinski definition) is 3. The van der Waals surface area contributed by atoms with Gasteiger partial charge in [0, 0.05) is 6.42 Å². The lowest BCUT2D eigenvalue weighted by atomic mass is 9.94. The third-order valence-corrected chi connectivity index (χ3v) is 3.29. The van der Waals surface area contributed by atoms with Crippen LogP contribution in [-0.2, 0) is 14.4 Å². The largest absolute Gasteiger partial charge is 0.481 e. The molecule has 22 heavy (non-hydrogen) atoms. The fourth-order valence-corrected chi connectivity index (χ4v) is 2.02. The van der Waals surface area contributed by atoms with Crippen molar-refractivity contribution in [2.75, 3.05) is 6.54 Å². The number of aliphatic carboxylic acids is 1. The molecule has 1 aromatic carbocycles. The van der Waals surface area contributed by atoms with E-state index in [9.17, 15) is 19.5 Å². The molecule has 3 N–H and O–H groups in total. The van der Waals surface area contributed by atoms with Crippen molar-refractivity contribution in [1.29, 1.82) is 0 Å². The van der Waals surface area contributed by atoms with Crippen molar-refractivity contribution >= 4 is 17.8 Å². The number of hydrogen-bond acceptors (Lipinski definition) is 3. The van der Waals surface area contributed by atoms with Gasteiger partial charge in [-0.1, -0.05) is 37.3 Å². The van der Waals surface area contributed by atoms with Gasteiger partial charge < -0.3 is 15.7 Å². The first-order chi connectivity index (χ1) is 10.5. The zero-order chi connectivity index (χ0) is 16.5. The number of amides is 2. The van der Waals surface area contributed by atoms with E-state index in [0.717, 1.165) is 0 Å². The lowest BCUT2D eigenvalue weighted by Crippen LogP contribution is -2.41. The highest BCUT2D eigenvalue weighted by molar-refractivity contribution is 5.85. The normalized spacial score (nSPS) is 13.0. The van der Waals surface area contributed by atoms with Gasteiger partial charge in [-0.25, -0.2) is 0 Å². The first-order valence-electron chi connectivity index (χ1n) is 7.29. The molecule has 0 radical (unpaired) electrons. The van der Waals surface area contributed by atoms with Crippen LogP contribution >= 0.6 is 0 Å². The van der Waals surface area contributed by atoms with E-state index in [-0.39, 0.29) is 12.5 Å². The number of nitrogens with one attached hydrogen (secondary N) is 2. The van der Waals surface area contributed by atoms with E-state index in [1.807, 2.05) is 13.0 Å². The van der Waals surface area contributed by atoms with Gasteiger partial charge in [0.15, 0.2) is 0 Å². The quantitative estimate of drug-likeness (QED) is 0.678. The monoisotopic (exact) mass is 306 g/mol. The fraction of sp³-hybridized carbons (Fsp3) is 0.438. The summed E-state index contributed by atoms with van der Waals surface area (Å²) >= 11 is 0. The Labute approximate surface area is 129 Å². The van der Waals surface area contributed by atoms with Crippen LogP contribution < -0.4 is 10.6 Å². The third-order valence-electron chi connectivity index (χ3n) is 3.29. The van der Waals surface area contributed by atoms with E-state index in [1.54, 1.807) is 24.3 Å². The smallest absolute Gasteiger partial charge is 0.308 e. The number of carbonyl (C=O) groups excluding carboxylic acids is 2. The minimum absolute atomic E-state index is 0.158. The molecule has 0 spiro atoms. The molecule has 120 valence electrons. The molecular formula is C16H22N2O4. The SMILES string of the molecule is CCCC(=O)NCC(=O)NC(c1ccccc1)C(C)C(=O)O. The highest BCUT2D eigenvalue weighted by atomic mass is 16.4. The van der Waals surface area contributed by atoms with Crippen molar-refractivity contribution in [3.8, 4) is 0 Å². The summed E-state index contributed by atoms with van der Waals surface area (Å²) in [6.45, 7) is 3.25. The molecule has 6 nitrogen and oxygen atoms in total. The van der Waals surface area contributed by atoms with Crippen LogP contribution in [0.15, 0.2) is 30.3 Å². The average Bonchev–Trinajstić information content (AvgIpc) is 2.51. The lowest BCUT2D eigenvalue weighted by Gasteiger charge is -2.23. The van der Waals surface area contributed by atoms with E-state index in [2.05, 4.69) is 10.6 Å². The van der Waals surface area contributed by atoms with Crippen LogP contribution in [0.1, 0.15) is 38.3 Å². The van der Waals surface area contributed by atoms with E-state index >= 15 is 0 Å². The summed E-state index contributed by atoms with van der Waals surface area (Å²) in [7, 11) is 0. The van der Waals surface area contributed by atoms with Gasteiger partial charge in [-0.15, -0.1) is 0 Å². The van der Waals surface area contributed by atoms with Gasteiger partial charge in [0.1, 0.15) is 0 Å². The molecule has 0 aliphatic carbocycles. The van der Waals surface area contributed by atoms with E-state index in [4.69, 9.17) is 0 Å². The molecule has 2 atom stereocenters. The van der Waals surface area contributed by atoms with Crippen LogP contribution in [0.3, 0.4) is 0 Å². The van der Waals surface area contributed by atoms with Gasteiger partial charge in [0.2, 0.25) is 11.8 Å². The minimum Gasteiger partial charge on any atom is -0.481 e. The van der Waals surface area contributed by atoms with Crippen LogP contribution in [0, 0.1) is 5.92 Å². The zero-order valence-electron chi connectivity index (χ0n) is 12.8. The summed E-state index contributed by atoms with van der Waals surface area (Å²) in [5, 5.41) is 14.4. The molecule has 2 amide bonds. The predicted octanol–water partition coefficient (Wildman–Crippen LogP) is 1.48. The third kappa shape index (κ3) is 5.55. The Bertz CT molecular complexity index is 516. The molecule has 0 aliphatic heterocycles. The summed E-state index contributed by atoms with van der Waals surface area (Å²) in [6, 6.07) is 8.27. The molecular weight excluding hydrogens is 284 g/mol. The molecule has 0 saturated heterocycles. The first kappa shape index (κ1) is 17.7. The number of carbonyl (C=O) groups is 3. The van der Waals surface area contributed by atoms with E-state index in [0.29, 0.717) is 18.4 Å². The number of rotatable bonds is 8. The lowest BCUT2D eigenvalue weighted by molar-refractivity contribution is -0.142. The van der Waals surface area contributed by atoms with Crippen LogP contribution in [-0.4, -0.2) is 29.4 Å². The zero-order valence-corrected chi connectivity index (χ0v) is 12.8. The fourth-order valence-electron chi connectivity index (χ4n) is 2.02. The van der Waals surface area contributed by atoms with Crippen LogP contribution in [0.4, 0.5) is 0 Å². The number of carboxylic acid groups (broad SMARTS) is 1. The van der Waals surface area contributed by atoms with Crippen molar-refractivity contribution in [1.82, 2.24) is 10.6 Å². The van der Waals surface area contributed by atoms with Gasteiger partial charge in [0.05, 0.1) is 18.5 Å². The van der Waals surface area contributed by atoms with Crippen molar-refractivity contribution < 1.29 is 19.5 Å². The molecule has 1 aromatic rings. The predicted molar refractivity (Wildman–Crippen MR) is 82.0 cm³/mol. The molecule has 0 heterocycles. The standard InChI is InChI=1S/C16H22N2O4/c1-3-7-13(19)17-10-14(20)18-15(11(2)16(21)22)12-8-5-4-6-9-12/h4-6,8-9,11,15H,3,7,10H2,1-2H3,(H,17,19)(H,18,20)(H,21,22). The van der Waals surface area contributed by atoms with Gasteiger partial charge in [-0.2, -0.15) is 0 Å². The van der Waals surface area contributed by atoms with Gasteiger partial charge in [-0.05, 0) is 18.9 Å². The Hall–Kier alpha value is -2.37. The second-order valence-electron chi connectivity index (χ2n) is 5.11. The van der Waals surface area contributed by atoms with E-state index < -0.39 is 23.8 Å². The molecule has 0 bridgehead atoms. The van der Waals surface area contributed by atoms with Crippen molar-refractivity contribution in [2.45, 2.75) is 32.7 Å². The molecule has 0 saturated carbocycles. The summed E-state index contributed by atoms with van der Waals surface area (Å²) in [5.41, 5.74) is 0.714. The highest BCUT2D eigenvalue weighted by Gasteiger charge is 2.26. The van der Waals surface area contributed by atoms with Crippen molar-refractivity contribution in [2.24, 2.45) is 5.92 Å². The minimum atomic E-state index is -0.996. The van der Waals surface area contributed by atoms with Crippen LogP contribution in [0.5, 0.6) is 0 Å².